The topological polar surface area (TPSA) is 89.4 Å². The lowest BCUT2D eigenvalue weighted by atomic mass is 10.1. The summed E-state index contributed by atoms with van der Waals surface area (Å²) in [6.45, 7) is 0.809. The molecule has 1 fully saturated rings. The number of carbonyl (C=O) groups excluding carboxylic acids is 2. The van der Waals surface area contributed by atoms with Crippen molar-refractivity contribution in [3.63, 3.8) is 0 Å². The summed E-state index contributed by atoms with van der Waals surface area (Å²) in [5.41, 5.74) is 11.0. The van der Waals surface area contributed by atoms with E-state index in [2.05, 4.69) is 11.8 Å². The van der Waals surface area contributed by atoms with E-state index < -0.39 is 17.6 Å². The number of nitrogens with two attached hydrogens (primary N) is 2. The van der Waals surface area contributed by atoms with Gasteiger partial charge in [-0.15, -0.1) is 0 Å². The Balaban J connectivity index is 2.21. The van der Waals surface area contributed by atoms with Gasteiger partial charge in [0, 0.05) is 18.7 Å². The molecule has 2 amide bonds. The van der Waals surface area contributed by atoms with Gasteiger partial charge in [0.15, 0.2) is 0 Å². The zero-order chi connectivity index (χ0) is 15.4. The van der Waals surface area contributed by atoms with Crippen LogP contribution in [0.25, 0.3) is 0 Å². The Morgan fingerprint density at radius 3 is 2.81 bits per heavy atom. The van der Waals surface area contributed by atoms with Gasteiger partial charge in [0.1, 0.15) is 5.82 Å². The number of rotatable bonds is 2. The molecule has 4 N–H and O–H groups in total. The Morgan fingerprint density at radius 2 is 2.19 bits per heavy atom. The van der Waals surface area contributed by atoms with Crippen LogP contribution >= 0.6 is 0 Å². The average Bonchev–Trinajstić information content (AvgIpc) is 2.95. The third-order valence-electron chi connectivity index (χ3n) is 3.41. The van der Waals surface area contributed by atoms with Crippen molar-refractivity contribution >= 4 is 11.8 Å². The van der Waals surface area contributed by atoms with Gasteiger partial charge in [-0.2, -0.15) is 0 Å². The van der Waals surface area contributed by atoms with E-state index in [0.29, 0.717) is 18.5 Å². The molecule has 0 radical (unpaired) electrons. The summed E-state index contributed by atoms with van der Waals surface area (Å²) < 4.78 is 13.8. The van der Waals surface area contributed by atoms with Crippen molar-refractivity contribution in [1.82, 2.24) is 4.90 Å². The van der Waals surface area contributed by atoms with Crippen LogP contribution in [0.15, 0.2) is 18.2 Å². The predicted octanol–water partition coefficient (Wildman–Crippen LogP) is 0.0833. The van der Waals surface area contributed by atoms with Crippen molar-refractivity contribution in [3.8, 4) is 11.8 Å². The zero-order valence-corrected chi connectivity index (χ0v) is 11.4. The predicted molar refractivity (Wildman–Crippen MR) is 75.5 cm³/mol. The molecule has 0 spiro atoms. The fourth-order valence-electron chi connectivity index (χ4n) is 2.27. The molecule has 0 aromatic heterocycles. The van der Waals surface area contributed by atoms with Gasteiger partial charge < -0.3 is 16.4 Å². The first-order valence-corrected chi connectivity index (χ1v) is 6.60. The van der Waals surface area contributed by atoms with E-state index in [0.717, 1.165) is 0 Å². The number of nitrogens with zero attached hydrogens (tertiary/aromatic N) is 1. The first kappa shape index (κ1) is 15.0. The number of carbonyl (C=O) groups is 2. The molecule has 1 aromatic rings. The minimum absolute atomic E-state index is 0.0519. The second-order valence-corrected chi connectivity index (χ2v) is 4.84. The van der Waals surface area contributed by atoms with Gasteiger partial charge >= 0.3 is 0 Å². The van der Waals surface area contributed by atoms with Gasteiger partial charge in [0.05, 0.1) is 18.0 Å². The summed E-state index contributed by atoms with van der Waals surface area (Å²) >= 11 is 0. The number of likely N-dealkylation sites (tertiary alicyclic amines) is 1. The lowest BCUT2D eigenvalue weighted by Crippen LogP contribution is -2.32. The molecule has 5 nitrogen and oxygen atoms in total. The van der Waals surface area contributed by atoms with Crippen LogP contribution in [0.2, 0.25) is 0 Å². The first-order chi connectivity index (χ1) is 10.0. The third kappa shape index (κ3) is 3.38. The molecule has 110 valence electrons. The van der Waals surface area contributed by atoms with Crippen molar-refractivity contribution < 1.29 is 14.0 Å². The van der Waals surface area contributed by atoms with Crippen LogP contribution in [0.5, 0.6) is 0 Å². The van der Waals surface area contributed by atoms with Crippen LogP contribution in [-0.4, -0.2) is 36.3 Å². The highest BCUT2D eigenvalue weighted by atomic mass is 19.1. The highest BCUT2D eigenvalue weighted by Gasteiger charge is 2.31. The quantitative estimate of drug-likeness (QED) is 0.756. The molecule has 0 aliphatic carbocycles. The van der Waals surface area contributed by atoms with E-state index >= 15 is 0 Å². The average molecular weight is 289 g/mol. The van der Waals surface area contributed by atoms with Crippen LogP contribution in [0.1, 0.15) is 22.3 Å². The molecule has 1 atom stereocenters. The van der Waals surface area contributed by atoms with Gasteiger partial charge in [-0.3, -0.25) is 9.59 Å². The van der Waals surface area contributed by atoms with Crippen molar-refractivity contribution in [2.45, 2.75) is 6.42 Å². The molecule has 1 unspecified atom stereocenters. The first-order valence-electron chi connectivity index (χ1n) is 6.60. The summed E-state index contributed by atoms with van der Waals surface area (Å²) in [7, 11) is 0. The van der Waals surface area contributed by atoms with Crippen LogP contribution in [-0.2, 0) is 4.79 Å². The number of halogens is 1. The van der Waals surface area contributed by atoms with Crippen LogP contribution in [0.3, 0.4) is 0 Å². The second kappa shape index (κ2) is 6.37. The standard InChI is InChI=1S/C15H16FN3O2/c16-13-4-3-10(2-1-6-17)8-12(13)15(21)19-7-5-11(9-19)14(18)20/h3-4,8,11H,5-7,9,17H2,(H2,18,20). The number of primary amides is 1. The fraction of sp³-hybridized carbons (Fsp3) is 0.333. The highest BCUT2D eigenvalue weighted by molar-refractivity contribution is 5.95. The molecule has 21 heavy (non-hydrogen) atoms. The van der Waals surface area contributed by atoms with Crippen molar-refractivity contribution in [2.75, 3.05) is 19.6 Å². The monoisotopic (exact) mass is 289 g/mol. The summed E-state index contributed by atoms with van der Waals surface area (Å²) in [6, 6.07) is 4.10. The van der Waals surface area contributed by atoms with Gasteiger partial charge in [0.25, 0.3) is 5.91 Å². The Hall–Kier alpha value is -2.39. The Labute approximate surface area is 122 Å². The summed E-state index contributed by atoms with van der Waals surface area (Å²) in [6.07, 6.45) is 0.509. The van der Waals surface area contributed by atoms with E-state index in [-0.39, 0.29) is 24.6 Å². The molecule has 1 aromatic carbocycles. The minimum Gasteiger partial charge on any atom is -0.369 e. The molecule has 1 heterocycles. The van der Waals surface area contributed by atoms with E-state index in [4.69, 9.17) is 11.5 Å². The maximum absolute atomic E-state index is 13.8. The third-order valence-corrected chi connectivity index (χ3v) is 3.41. The van der Waals surface area contributed by atoms with Crippen LogP contribution in [0, 0.1) is 23.6 Å². The Morgan fingerprint density at radius 1 is 1.43 bits per heavy atom. The molecule has 2 rings (SSSR count). The van der Waals surface area contributed by atoms with Crippen molar-refractivity contribution in [2.24, 2.45) is 17.4 Å². The summed E-state index contributed by atoms with van der Waals surface area (Å²) in [5.74, 6) is 3.55. The Bertz CT molecular complexity index is 634. The van der Waals surface area contributed by atoms with E-state index in [1.807, 2.05) is 0 Å². The van der Waals surface area contributed by atoms with Crippen molar-refractivity contribution in [1.29, 1.82) is 0 Å². The molecule has 0 saturated carbocycles. The molecular formula is C15H16FN3O2. The van der Waals surface area contributed by atoms with E-state index in [1.54, 1.807) is 0 Å². The van der Waals surface area contributed by atoms with Crippen LogP contribution in [0.4, 0.5) is 4.39 Å². The molecule has 1 aliphatic heterocycles. The van der Waals surface area contributed by atoms with E-state index in [9.17, 15) is 14.0 Å². The molecule has 6 heteroatoms. The number of benzene rings is 1. The minimum atomic E-state index is -0.610. The van der Waals surface area contributed by atoms with Crippen LogP contribution < -0.4 is 11.5 Å². The largest absolute Gasteiger partial charge is 0.369 e. The number of hydrogen-bond acceptors (Lipinski definition) is 3. The summed E-state index contributed by atoms with van der Waals surface area (Å²) in [5, 5.41) is 0. The second-order valence-electron chi connectivity index (χ2n) is 4.84. The highest BCUT2D eigenvalue weighted by Crippen LogP contribution is 2.20. The summed E-state index contributed by atoms with van der Waals surface area (Å²) in [4.78, 5) is 24.9. The molecule has 1 saturated heterocycles. The molecule has 1 aliphatic rings. The fourth-order valence-corrected chi connectivity index (χ4v) is 2.27. The maximum atomic E-state index is 13.8. The van der Waals surface area contributed by atoms with E-state index in [1.165, 1.54) is 23.1 Å². The number of hydrogen-bond donors (Lipinski definition) is 2. The maximum Gasteiger partial charge on any atom is 0.256 e. The van der Waals surface area contributed by atoms with Gasteiger partial charge in [0.2, 0.25) is 5.91 Å². The lowest BCUT2D eigenvalue weighted by Gasteiger charge is -2.16. The van der Waals surface area contributed by atoms with Gasteiger partial charge in [-0.25, -0.2) is 4.39 Å². The SMILES string of the molecule is NCC#Cc1ccc(F)c(C(=O)N2CCC(C(N)=O)C2)c1. The zero-order valence-electron chi connectivity index (χ0n) is 11.4. The van der Waals surface area contributed by atoms with Crippen molar-refractivity contribution in [3.05, 3.63) is 35.1 Å². The molecular weight excluding hydrogens is 273 g/mol. The molecule has 0 bridgehead atoms. The lowest BCUT2D eigenvalue weighted by molar-refractivity contribution is -0.121. The number of amides is 2. The normalized spacial score (nSPS) is 17.2. The smallest absolute Gasteiger partial charge is 0.256 e. The Kier molecular flexibility index (Phi) is 4.55. The van der Waals surface area contributed by atoms with Gasteiger partial charge in [-0.1, -0.05) is 11.8 Å². The van der Waals surface area contributed by atoms with Gasteiger partial charge in [-0.05, 0) is 24.6 Å².